The standard InChI is InChI=1S/C22H25Cl2NO4/c1-12-18(21(27)29-8-7-28-4)19(14-6-5-13(23)9-15(14)24)20-16(25-12)10-22(2,3)11-17(20)26/h5-6,9,18-19H,7-8,10-11H2,1-4H3/t18?,19-/m1/s1. The van der Waals surface area contributed by atoms with Gasteiger partial charge in [-0.1, -0.05) is 43.1 Å². The maximum absolute atomic E-state index is 13.2. The molecule has 1 aromatic carbocycles. The van der Waals surface area contributed by atoms with Gasteiger partial charge in [0, 0.05) is 46.5 Å². The number of hydrogen-bond donors (Lipinski definition) is 0. The molecule has 7 heteroatoms. The lowest BCUT2D eigenvalue weighted by Gasteiger charge is -2.39. The van der Waals surface area contributed by atoms with Crippen LogP contribution in [-0.2, 0) is 19.1 Å². The fourth-order valence-corrected chi connectivity index (χ4v) is 4.68. The number of hydrogen-bond acceptors (Lipinski definition) is 5. The molecule has 2 aliphatic rings. The highest BCUT2D eigenvalue weighted by molar-refractivity contribution is 6.35. The molecule has 0 bridgehead atoms. The summed E-state index contributed by atoms with van der Waals surface area (Å²) in [6, 6.07) is 5.12. The van der Waals surface area contributed by atoms with Crippen molar-refractivity contribution in [2.24, 2.45) is 16.3 Å². The highest BCUT2D eigenvalue weighted by Gasteiger charge is 2.46. The molecule has 0 saturated carbocycles. The van der Waals surface area contributed by atoms with E-state index in [0.717, 1.165) is 5.70 Å². The monoisotopic (exact) mass is 437 g/mol. The molecule has 5 nitrogen and oxygen atoms in total. The summed E-state index contributed by atoms with van der Waals surface area (Å²) in [6.45, 7) is 6.33. The predicted octanol–water partition coefficient (Wildman–Crippen LogP) is 5.00. The maximum atomic E-state index is 13.2. The second-order valence-corrected chi connectivity index (χ2v) is 9.18. The average Bonchev–Trinajstić information content (AvgIpc) is 2.59. The summed E-state index contributed by atoms with van der Waals surface area (Å²) in [7, 11) is 1.54. The van der Waals surface area contributed by atoms with Gasteiger partial charge in [0.15, 0.2) is 5.78 Å². The molecular formula is C22H25Cl2NO4. The van der Waals surface area contributed by atoms with Gasteiger partial charge in [-0.3, -0.25) is 14.6 Å². The number of ketones is 1. The Kier molecular flexibility index (Phi) is 6.51. The van der Waals surface area contributed by atoms with E-state index in [-0.39, 0.29) is 17.8 Å². The lowest BCUT2D eigenvalue weighted by Crippen LogP contribution is -2.39. The minimum atomic E-state index is -0.727. The third-order valence-electron chi connectivity index (χ3n) is 5.39. The summed E-state index contributed by atoms with van der Waals surface area (Å²) >= 11 is 12.6. The van der Waals surface area contributed by atoms with E-state index in [0.29, 0.717) is 46.3 Å². The van der Waals surface area contributed by atoms with Gasteiger partial charge in [-0.15, -0.1) is 0 Å². The number of carbonyl (C=O) groups excluding carboxylic acids is 2. The first-order valence-corrected chi connectivity index (χ1v) is 10.3. The number of esters is 1. The number of aliphatic imine (C=N–C) groups is 1. The molecule has 1 aliphatic carbocycles. The molecule has 0 aromatic heterocycles. The SMILES string of the molecule is COCCOC(=O)C1C(C)=NC2=C(C(=O)CC(C)(C)C2)[C@@H]1c1ccc(Cl)cc1Cl. The summed E-state index contributed by atoms with van der Waals surface area (Å²) in [5, 5.41) is 0.904. The molecule has 0 N–H and O–H groups in total. The largest absolute Gasteiger partial charge is 0.463 e. The van der Waals surface area contributed by atoms with Crippen LogP contribution in [0.2, 0.25) is 10.0 Å². The fourth-order valence-electron chi connectivity index (χ4n) is 4.16. The number of halogens is 2. The van der Waals surface area contributed by atoms with Crippen molar-refractivity contribution >= 4 is 40.7 Å². The minimum Gasteiger partial charge on any atom is -0.463 e. The lowest BCUT2D eigenvalue weighted by molar-refractivity contribution is -0.147. The van der Waals surface area contributed by atoms with Gasteiger partial charge in [0.1, 0.15) is 12.5 Å². The summed E-state index contributed by atoms with van der Waals surface area (Å²) in [4.78, 5) is 30.8. The van der Waals surface area contributed by atoms with Crippen LogP contribution < -0.4 is 0 Å². The van der Waals surface area contributed by atoms with Crippen LogP contribution in [0.15, 0.2) is 34.5 Å². The van der Waals surface area contributed by atoms with Crippen molar-refractivity contribution in [3.63, 3.8) is 0 Å². The molecule has 2 atom stereocenters. The van der Waals surface area contributed by atoms with Gasteiger partial charge in [-0.05, 0) is 36.5 Å². The van der Waals surface area contributed by atoms with Gasteiger partial charge in [-0.2, -0.15) is 0 Å². The Morgan fingerprint density at radius 2 is 1.97 bits per heavy atom. The number of ether oxygens (including phenoxy) is 2. The number of rotatable bonds is 5. The van der Waals surface area contributed by atoms with Crippen molar-refractivity contribution < 1.29 is 19.1 Å². The van der Waals surface area contributed by atoms with Crippen molar-refractivity contribution in [3.05, 3.63) is 45.1 Å². The molecule has 0 saturated heterocycles. The molecule has 1 aliphatic heterocycles. The number of methoxy groups -OCH3 is 1. The van der Waals surface area contributed by atoms with Crippen LogP contribution in [0.3, 0.4) is 0 Å². The van der Waals surface area contributed by atoms with Gasteiger partial charge in [-0.25, -0.2) is 0 Å². The van der Waals surface area contributed by atoms with Crippen LogP contribution in [0.4, 0.5) is 0 Å². The number of Topliss-reactive ketones (excluding diaryl/α,β-unsaturated/α-hetero) is 1. The molecule has 1 aromatic rings. The van der Waals surface area contributed by atoms with E-state index in [1.807, 2.05) is 0 Å². The Labute approximate surface area is 181 Å². The van der Waals surface area contributed by atoms with Crippen molar-refractivity contribution in [2.75, 3.05) is 20.3 Å². The van der Waals surface area contributed by atoms with Gasteiger partial charge < -0.3 is 9.47 Å². The van der Waals surface area contributed by atoms with E-state index in [9.17, 15) is 9.59 Å². The van der Waals surface area contributed by atoms with E-state index < -0.39 is 17.8 Å². The van der Waals surface area contributed by atoms with E-state index in [1.54, 1.807) is 25.1 Å². The normalized spacial score (nSPS) is 23.5. The number of allylic oxidation sites excluding steroid dienone is 2. The Hall–Kier alpha value is -1.69. The number of benzene rings is 1. The van der Waals surface area contributed by atoms with Crippen molar-refractivity contribution in [1.29, 1.82) is 0 Å². The second kappa shape index (κ2) is 8.58. The molecular weight excluding hydrogens is 413 g/mol. The van der Waals surface area contributed by atoms with E-state index >= 15 is 0 Å². The summed E-state index contributed by atoms with van der Waals surface area (Å²) in [5.74, 6) is -1.72. The van der Waals surface area contributed by atoms with Gasteiger partial charge in [0.2, 0.25) is 0 Å². The van der Waals surface area contributed by atoms with Crippen molar-refractivity contribution in [3.8, 4) is 0 Å². The first kappa shape index (κ1) is 22.0. The highest BCUT2D eigenvalue weighted by Crippen LogP contribution is 2.49. The minimum absolute atomic E-state index is 0.00166. The zero-order chi connectivity index (χ0) is 21.3. The van der Waals surface area contributed by atoms with Gasteiger partial charge in [0.25, 0.3) is 0 Å². The molecule has 156 valence electrons. The van der Waals surface area contributed by atoms with E-state index in [4.69, 9.17) is 32.7 Å². The Morgan fingerprint density at radius 3 is 2.62 bits per heavy atom. The topological polar surface area (TPSA) is 65.0 Å². The van der Waals surface area contributed by atoms with Crippen LogP contribution in [0.1, 0.15) is 45.1 Å². The molecule has 29 heavy (non-hydrogen) atoms. The van der Waals surface area contributed by atoms with Crippen LogP contribution in [0.25, 0.3) is 0 Å². The van der Waals surface area contributed by atoms with Crippen molar-refractivity contribution in [2.45, 2.75) is 39.5 Å². The van der Waals surface area contributed by atoms with E-state index in [2.05, 4.69) is 18.8 Å². The fraction of sp³-hybridized carbons (Fsp3) is 0.500. The Morgan fingerprint density at radius 1 is 1.24 bits per heavy atom. The average molecular weight is 438 g/mol. The third kappa shape index (κ3) is 4.57. The van der Waals surface area contributed by atoms with Gasteiger partial charge in [0.05, 0.1) is 6.61 Å². The Bertz CT molecular complexity index is 904. The van der Waals surface area contributed by atoms with Crippen LogP contribution in [0.5, 0.6) is 0 Å². The smallest absolute Gasteiger partial charge is 0.315 e. The molecule has 0 spiro atoms. The molecule has 1 heterocycles. The number of carbonyl (C=O) groups is 2. The maximum Gasteiger partial charge on any atom is 0.315 e. The molecule has 1 unspecified atom stereocenters. The van der Waals surface area contributed by atoms with E-state index in [1.165, 1.54) is 7.11 Å². The third-order valence-corrected chi connectivity index (χ3v) is 5.95. The summed E-state index contributed by atoms with van der Waals surface area (Å²) < 4.78 is 10.4. The molecule has 0 radical (unpaired) electrons. The zero-order valence-corrected chi connectivity index (χ0v) is 18.6. The summed E-state index contributed by atoms with van der Waals surface area (Å²) in [6.07, 6.45) is 1.06. The van der Waals surface area contributed by atoms with Crippen molar-refractivity contribution in [1.82, 2.24) is 0 Å². The zero-order valence-electron chi connectivity index (χ0n) is 17.1. The second-order valence-electron chi connectivity index (χ2n) is 8.34. The quantitative estimate of drug-likeness (QED) is 0.480. The highest BCUT2D eigenvalue weighted by atomic mass is 35.5. The summed E-state index contributed by atoms with van der Waals surface area (Å²) in [5.41, 5.74) is 2.42. The van der Waals surface area contributed by atoms with Crippen LogP contribution >= 0.6 is 23.2 Å². The van der Waals surface area contributed by atoms with Gasteiger partial charge >= 0.3 is 5.97 Å². The molecule has 0 fully saturated rings. The molecule has 3 rings (SSSR count). The Balaban J connectivity index is 2.12. The van der Waals surface area contributed by atoms with Crippen LogP contribution in [0, 0.1) is 11.3 Å². The molecule has 0 amide bonds. The lowest BCUT2D eigenvalue weighted by atomic mass is 9.67. The first-order valence-electron chi connectivity index (χ1n) is 9.56. The first-order chi connectivity index (χ1) is 13.6. The number of nitrogens with zero attached hydrogens (tertiary/aromatic N) is 1. The van der Waals surface area contributed by atoms with Crippen LogP contribution in [-0.4, -0.2) is 37.8 Å². The predicted molar refractivity (Wildman–Crippen MR) is 114 cm³/mol.